The van der Waals surface area contributed by atoms with E-state index in [1.807, 2.05) is 0 Å². The van der Waals surface area contributed by atoms with Gasteiger partial charge in [0.25, 0.3) is 0 Å². The summed E-state index contributed by atoms with van der Waals surface area (Å²) in [6.07, 6.45) is 5.46. The highest BCUT2D eigenvalue weighted by molar-refractivity contribution is 4.99. The first-order valence-corrected chi connectivity index (χ1v) is 5.82. The number of likely N-dealkylation sites (tertiary alicyclic amines) is 1. The third-order valence-electron chi connectivity index (χ3n) is 3.76. The fraction of sp³-hybridized carbons (Fsp3) is 1.00. The van der Waals surface area contributed by atoms with Gasteiger partial charge in [-0.25, -0.2) is 0 Å². The summed E-state index contributed by atoms with van der Waals surface area (Å²) in [5.41, 5.74) is 0.483. The molecule has 0 aromatic carbocycles. The Morgan fingerprint density at radius 2 is 2.21 bits per heavy atom. The lowest BCUT2D eigenvalue weighted by atomic mass is 9.87. The normalized spacial score (nSPS) is 34.1. The summed E-state index contributed by atoms with van der Waals surface area (Å²) < 4.78 is 5.18. The minimum Gasteiger partial charge on any atom is -0.383 e. The Kier molecular flexibility index (Phi) is 3.42. The van der Waals surface area contributed by atoms with Crippen molar-refractivity contribution in [2.45, 2.75) is 31.2 Å². The lowest BCUT2D eigenvalue weighted by molar-refractivity contribution is 0.0714. The van der Waals surface area contributed by atoms with Crippen molar-refractivity contribution in [3.8, 4) is 0 Å². The van der Waals surface area contributed by atoms with Crippen molar-refractivity contribution >= 4 is 0 Å². The fourth-order valence-corrected chi connectivity index (χ4v) is 2.98. The van der Waals surface area contributed by atoms with Crippen LogP contribution in [0.5, 0.6) is 0 Å². The summed E-state index contributed by atoms with van der Waals surface area (Å²) in [7, 11) is 1.79. The Hall–Kier alpha value is -0.120. The highest BCUT2D eigenvalue weighted by Crippen LogP contribution is 2.34. The zero-order valence-corrected chi connectivity index (χ0v) is 9.22. The van der Waals surface area contributed by atoms with E-state index in [0.717, 1.165) is 13.2 Å². The van der Waals surface area contributed by atoms with Crippen molar-refractivity contribution in [3.05, 3.63) is 0 Å². The van der Waals surface area contributed by atoms with Gasteiger partial charge in [0.1, 0.15) is 0 Å². The van der Waals surface area contributed by atoms with Crippen LogP contribution in [0.3, 0.4) is 0 Å². The Labute approximate surface area is 86.8 Å². The molecule has 2 aliphatic rings. The standard InChI is InChI=1S/C11H22N2O/c1-14-9-8-13-7-3-5-11(13)4-2-6-12-10-11/h12H,2-10H2,1H3/t11-/m1/s1. The molecular formula is C11H22N2O. The predicted octanol–water partition coefficient (Wildman–Crippen LogP) is 0.851. The van der Waals surface area contributed by atoms with Crippen LogP contribution in [0.25, 0.3) is 0 Å². The van der Waals surface area contributed by atoms with Gasteiger partial charge >= 0.3 is 0 Å². The molecule has 0 amide bonds. The van der Waals surface area contributed by atoms with E-state index in [1.165, 1.54) is 45.3 Å². The highest BCUT2D eigenvalue weighted by Gasteiger charge is 2.40. The van der Waals surface area contributed by atoms with Gasteiger partial charge in [-0.1, -0.05) is 0 Å². The van der Waals surface area contributed by atoms with Crippen molar-refractivity contribution in [1.82, 2.24) is 10.2 Å². The van der Waals surface area contributed by atoms with Gasteiger partial charge in [-0.2, -0.15) is 0 Å². The van der Waals surface area contributed by atoms with Crippen LogP contribution in [0.1, 0.15) is 25.7 Å². The number of nitrogens with one attached hydrogen (secondary N) is 1. The summed E-state index contributed by atoms with van der Waals surface area (Å²) in [5, 5.41) is 3.54. The van der Waals surface area contributed by atoms with Crippen molar-refractivity contribution in [2.75, 3.05) is 39.9 Å². The second-order valence-corrected chi connectivity index (χ2v) is 4.59. The van der Waals surface area contributed by atoms with Crippen LogP contribution in [0.15, 0.2) is 0 Å². The number of nitrogens with zero attached hydrogens (tertiary/aromatic N) is 1. The van der Waals surface area contributed by atoms with Crippen LogP contribution in [0, 0.1) is 0 Å². The third-order valence-corrected chi connectivity index (χ3v) is 3.76. The Balaban J connectivity index is 1.93. The van der Waals surface area contributed by atoms with Crippen LogP contribution in [0.2, 0.25) is 0 Å². The number of rotatable bonds is 3. The van der Waals surface area contributed by atoms with Gasteiger partial charge in [0.15, 0.2) is 0 Å². The van der Waals surface area contributed by atoms with Crippen LogP contribution in [0.4, 0.5) is 0 Å². The first-order chi connectivity index (χ1) is 6.87. The molecule has 3 heteroatoms. The van der Waals surface area contributed by atoms with Crippen molar-refractivity contribution < 1.29 is 4.74 Å². The summed E-state index contributed by atoms with van der Waals surface area (Å²) >= 11 is 0. The zero-order chi connectivity index (χ0) is 9.86. The van der Waals surface area contributed by atoms with E-state index in [-0.39, 0.29) is 0 Å². The van der Waals surface area contributed by atoms with Crippen molar-refractivity contribution in [2.24, 2.45) is 0 Å². The quantitative estimate of drug-likeness (QED) is 0.727. The molecule has 2 saturated heterocycles. The van der Waals surface area contributed by atoms with Gasteiger partial charge in [-0.3, -0.25) is 4.90 Å². The molecule has 0 saturated carbocycles. The summed E-state index contributed by atoms with van der Waals surface area (Å²) in [6, 6.07) is 0. The summed E-state index contributed by atoms with van der Waals surface area (Å²) in [5.74, 6) is 0. The van der Waals surface area contributed by atoms with Crippen molar-refractivity contribution in [3.63, 3.8) is 0 Å². The van der Waals surface area contributed by atoms with E-state index in [0.29, 0.717) is 5.54 Å². The fourth-order valence-electron chi connectivity index (χ4n) is 2.98. The monoisotopic (exact) mass is 198 g/mol. The zero-order valence-electron chi connectivity index (χ0n) is 9.22. The maximum atomic E-state index is 5.18. The lowest BCUT2D eigenvalue weighted by Gasteiger charge is -2.41. The summed E-state index contributed by atoms with van der Waals surface area (Å²) in [4.78, 5) is 2.64. The second-order valence-electron chi connectivity index (χ2n) is 4.59. The molecule has 0 radical (unpaired) electrons. The molecule has 3 nitrogen and oxygen atoms in total. The maximum Gasteiger partial charge on any atom is 0.0589 e. The van der Waals surface area contributed by atoms with Crippen LogP contribution in [-0.4, -0.2) is 50.3 Å². The number of hydrogen-bond acceptors (Lipinski definition) is 3. The van der Waals surface area contributed by atoms with E-state index in [1.54, 1.807) is 7.11 Å². The van der Waals surface area contributed by atoms with Gasteiger partial charge in [0, 0.05) is 25.7 Å². The average molecular weight is 198 g/mol. The molecular weight excluding hydrogens is 176 g/mol. The first-order valence-electron chi connectivity index (χ1n) is 5.82. The van der Waals surface area contributed by atoms with E-state index < -0.39 is 0 Å². The van der Waals surface area contributed by atoms with Crippen molar-refractivity contribution in [1.29, 1.82) is 0 Å². The van der Waals surface area contributed by atoms with E-state index in [9.17, 15) is 0 Å². The molecule has 0 unspecified atom stereocenters. The Bertz CT molecular complexity index is 178. The molecule has 1 N–H and O–H groups in total. The number of hydrogen-bond donors (Lipinski definition) is 1. The van der Waals surface area contributed by atoms with Gasteiger partial charge in [-0.05, 0) is 38.8 Å². The number of ether oxygens (including phenoxy) is 1. The minimum atomic E-state index is 0.483. The van der Waals surface area contributed by atoms with Crippen LogP contribution >= 0.6 is 0 Å². The number of piperidine rings is 1. The molecule has 2 rings (SSSR count). The highest BCUT2D eigenvalue weighted by atomic mass is 16.5. The first kappa shape index (κ1) is 10.4. The lowest BCUT2D eigenvalue weighted by Crippen LogP contribution is -2.54. The Morgan fingerprint density at radius 3 is 2.93 bits per heavy atom. The van der Waals surface area contributed by atoms with Gasteiger partial charge in [-0.15, -0.1) is 0 Å². The molecule has 0 aliphatic carbocycles. The second kappa shape index (κ2) is 4.60. The smallest absolute Gasteiger partial charge is 0.0589 e. The predicted molar refractivity (Wildman–Crippen MR) is 57.5 cm³/mol. The average Bonchev–Trinajstić information content (AvgIpc) is 2.59. The topological polar surface area (TPSA) is 24.5 Å². The minimum absolute atomic E-state index is 0.483. The molecule has 14 heavy (non-hydrogen) atoms. The molecule has 2 aliphatic heterocycles. The molecule has 1 atom stereocenters. The van der Waals surface area contributed by atoms with Gasteiger partial charge in [0.2, 0.25) is 0 Å². The maximum absolute atomic E-state index is 5.18. The Morgan fingerprint density at radius 1 is 1.36 bits per heavy atom. The van der Waals surface area contributed by atoms with Gasteiger partial charge < -0.3 is 10.1 Å². The summed E-state index contributed by atoms with van der Waals surface area (Å²) in [6.45, 7) is 5.65. The van der Waals surface area contributed by atoms with Crippen LogP contribution < -0.4 is 5.32 Å². The van der Waals surface area contributed by atoms with Crippen LogP contribution in [-0.2, 0) is 4.74 Å². The molecule has 0 aromatic heterocycles. The molecule has 2 fully saturated rings. The largest absolute Gasteiger partial charge is 0.383 e. The molecule has 0 aromatic rings. The number of methoxy groups -OCH3 is 1. The third kappa shape index (κ3) is 1.95. The molecule has 0 bridgehead atoms. The molecule has 2 heterocycles. The SMILES string of the molecule is COCCN1CCC[C@@]12CCCNC2. The van der Waals surface area contributed by atoms with E-state index >= 15 is 0 Å². The molecule has 1 spiro atoms. The molecule has 82 valence electrons. The van der Waals surface area contributed by atoms with E-state index in [2.05, 4.69) is 10.2 Å². The van der Waals surface area contributed by atoms with E-state index in [4.69, 9.17) is 4.74 Å². The van der Waals surface area contributed by atoms with Gasteiger partial charge in [0.05, 0.1) is 6.61 Å².